The van der Waals surface area contributed by atoms with Crippen molar-refractivity contribution in [3.05, 3.63) is 58.3 Å². The van der Waals surface area contributed by atoms with Crippen LogP contribution in [-0.4, -0.2) is 27.8 Å². The highest BCUT2D eigenvalue weighted by molar-refractivity contribution is 9.10. The molecule has 2 aromatic carbocycles. The van der Waals surface area contributed by atoms with Gasteiger partial charge < -0.3 is 4.74 Å². The van der Waals surface area contributed by atoms with E-state index in [4.69, 9.17) is 4.74 Å². The van der Waals surface area contributed by atoms with Crippen molar-refractivity contribution in [3.8, 4) is 5.75 Å². The molecule has 0 unspecified atom stereocenters. The van der Waals surface area contributed by atoms with Gasteiger partial charge in [-0.15, -0.1) is 0 Å². The number of methoxy groups -OCH3 is 1. The zero-order chi connectivity index (χ0) is 17.6. The van der Waals surface area contributed by atoms with Gasteiger partial charge in [-0.2, -0.15) is 11.8 Å². The summed E-state index contributed by atoms with van der Waals surface area (Å²) in [5, 5.41) is 0. The third-order valence-electron chi connectivity index (χ3n) is 3.19. The van der Waals surface area contributed by atoms with E-state index in [9.17, 15) is 12.8 Å². The molecule has 0 aliphatic heterocycles. The zero-order valence-electron chi connectivity index (χ0n) is 13.0. The van der Waals surface area contributed by atoms with Gasteiger partial charge in [-0.3, -0.25) is 0 Å². The van der Waals surface area contributed by atoms with Crippen molar-refractivity contribution in [2.75, 3.05) is 19.4 Å². The molecule has 0 aromatic heterocycles. The van der Waals surface area contributed by atoms with Crippen LogP contribution in [0.3, 0.4) is 0 Å². The van der Waals surface area contributed by atoms with Crippen molar-refractivity contribution in [2.24, 2.45) is 0 Å². The Kier molecular flexibility index (Phi) is 7.09. The number of nitrogens with one attached hydrogen (secondary N) is 1. The quantitative estimate of drug-likeness (QED) is 0.643. The molecule has 0 aliphatic carbocycles. The summed E-state index contributed by atoms with van der Waals surface area (Å²) in [6.07, 6.45) is 0. The number of ether oxygens (including phenoxy) is 1. The van der Waals surface area contributed by atoms with Gasteiger partial charge in [-0.25, -0.2) is 17.5 Å². The van der Waals surface area contributed by atoms with E-state index in [1.165, 1.54) is 37.1 Å². The molecule has 0 fully saturated rings. The highest BCUT2D eigenvalue weighted by Crippen LogP contribution is 2.27. The Labute approximate surface area is 154 Å². The molecule has 8 heteroatoms. The molecule has 0 bridgehead atoms. The van der Waals surface area contributed by atoms with Gasteiger partial charge in [0.25, 0.3) is 0 Å². The van der Waals surface area contributed by atoms with E-state index >= 15 is 0 Å². The van der Waals surface area contributed by atoms with Crippen LogP contribution in [0.25, 0.3) is 0 Å². The Morgan fingerprint density at radius 2 is 2.00 bits per heavy atom. The number of halogens is 2. The molecule has 24 heavy (non-hydrogen) atoms. The molecule has 0 aliphatic rings. The highest BCUT2D eigenvalue weighted by atomic mass is 79.9. The van der Waals surface area contributed by atoms with Gasteiger partial charge in [0, 0.05) is 18.1 Å². The minimum absolute atomic E-state index is 0.161. The molecule has 130 valence electrons. The summed E-state index contributed by atoms with van der Waals surface area (Å²) in [4.78, 5) is 0.161. The second kappa shape index (κ2) is 8.84. The van der Waals surface area contributed by atoms with Crippen molar-refractivity contribution in [1.82, 2.24) is 4.72 Å². The fourth-order valence-corrected chi connectivity index (χ4v) is 4.67. The van der Waals surface area contributed by atoms with E-state index in [2.05, 4.69) is 20.7 Å². The molecule has 0 saturated carbocycles. The lowest BCUT2D eigenvalue weighted by atomic mass is 10.2. The smallest absolute Gasteiger partial charge is 0.240 e. The minimum Gasteiger partial charge on any atom is -0.496 e. The zero-order valence-corrected chi connectivity index (χ0v) is 16.2. The van der Waals surface area contributed by atoms with E-state index in [1.807, 2.05) is 0 Å². The van der Waals surface area contributed by atoms with E-state index in [1.54, 1.807) is 24.3 Å². The normalized spacial score (nSPS) is 11.5. The standard InChI is InChI=1S/C16H17BrFNO3S2/c1-22-16-7-6-13(10-14(16)17)24(20,21)19-8-9-23-11-12-4-2-3-5-15(12)18/h2-7,10,19H,8-9,11H2,1H3. The number of hydrogen-bond donors (Lipinski definition) is 1. The van der Waals surface area contributed by atoms with Gasteiger partial charge in [0.15, 0.2) is 0 Å². The van der Waals surface area contributed by atoms with Gasteiger partial charge in [-0.1, -0.05) is 18.2 Å². The van der Waals surface area contributed by atoms with E-state index in [0.717, 1.165) is 0 Å². The van der Waals surface area contributed by atoms with Gasteiger partial charge in [0.2, 0.25) is 10.0 Å². The lowest BCUT2D eigenvalue weighted by Crippen LogP contribution is -2.26. The minimum atomic E-state index is -3.58. The van der Waals surface area contributed by atoms with Crippen molar-refractivity contribution < 1.29 is 17.5 Å². The molecule has 0 spiro atoms. The Balaban J connectivity index is 1.85. The molecule has 0 saturated heterocycles. The van der Waals surface area contributed by atoms with Crippen LogP contribution in [0.4, 0.5) is 4.39 Å². The van der Waals surface area contributed by atoms with Crippen LogP contribution in [0.5, 0.6) is 5.75 Å². The van der Waals surface area contributed by atoms with E-state index in [-0.39, 0.29) is 17.3 Å². The van der Waals surface area contributed by atoms with Crippen molar-refractivity contribution in [3.63, 3.8) is 0 Å². The fraction of sp³-hybridized carbons (Fsp3) is 0.250. The molecule has 0 amide bonds. The maximum absolute atomic E-state index is 13.5. The predicted molar refractivity (Wildman–Crippen MR) is 98.4 cm³/mol. The number of thioether (sulfide) groups is 1. The first-order chi connectivity index (χ1) is 11.4. The van der Waals surface area contributed by atoms with Crippen LogP contribution < -0.4 is 9.46 Å². The maximum Gasteiger partial charge on any atom is 0.240 e. The largest absolute Gasteiger partial charge is 0.496 e. The summed E-state index contributed by atoms with van der Waals surface area (Å²) >= 11 is 4.74. The topological polar surface area (TPSA) is 55.4 Å². The van der Waals surface area contributed by atoms with Crippen LogP contribution >= 0.6 is 27.7 Å². The van der Waals surface area contributed by atoms with Crippen LogP contribution in [0, 0.1) is 5.82 Å². The van der Waals surface area contributed by atoms with Crippen molar-refractivity contribution in [2.45, 2.75) is 10.6 Å². The molecule has 0 radical (unpaired) electrons. The summed E-state index contributed by atoms with van der Waals surface area (Å²) < 4.78 is 46.1. The fourth-order valence-electron chi connectivity index (χ4n) is 1.94. The first kappa shape index (κ1) is 19.2. The van der Waals surface area contributed by atoms with Gasteiger partial charge in [0.05, 0.1) is 16.5 Å². The lowest BCUT2D eigenvalue weighted by molar-refractivity contribution is 0.411. The summed E-state index contributed by atoms with van der Waals surface area (Å²) in [6.45, 7) is 0.269. The molecule has 1 N–H and O–H groups in total. The Hall–Kier alpha value is -1.09. The molecular weight excluding hydrogens is 417 g/mol. The highest BCUT2D eigenvalue weighted by Gasteiger charge is 2.15. The van der Waals surface area contributed by atoms with Crippen molar-refractivity contribution >= 4 is 37.7 Å². The van der Waals surface area contributed by atoms with Crippen LogP contribution in [0.2, 0.25) is 0 Å². The predicted octanol–water partition coefficient (Wildman–Crippen LogP) is 3.81. The number of sulfonamides is 1. The molecule has 0 heterocycles. The first-order valence-corrected chi connectivity index (χ1v) is 10.5. The van der Waals surface area contributed by atoms with Crippen LogP contribution in [0.1, 0.15) is 5.56 Å². The third-order valence-corrected chi connectivity index (χ3v) is 6.27. The second-order valence-electron chi connectivity index (χ2n) is 4.84. The summed E-state index contributed by atoms with van der Waals surface area (Å²) in [5.41, 5.74) is 0.615. The molecule has 2 aromatic rings. The van der Waals surface area contributed by atoms with E-state index < -0.39 is 10.0 Å². The van der Waals surface area contributed by atoms with Crippen LogP contribution in [0.15, 0.2) is 51.8 Å². The molecule has 0 atom stereocenters. The van der Waals surface area contributed by atoms with E-state index in [0.29, 0.717) is 27.3 Å². The lowest BCUT2D eigenvalue weighted by Gasteiger charge is -2.09. The number of benzene rings is 2. The second-order valence-corrected chi connectivity index (χ2v) is 8.56. The van der Waals surface area contributed by atoms with Gasteiger partial charge in [-0.05, 0) is 45.8 Å². The maximum atomic E-state index is 13.5. The Bertz CT molecular complexity index is 800. The number of rotatable bonds is 8. The third kappa shape index (κ3) is 5.20. The van der Waals surface area contributed by atoms with Crippen molar-refractivity contribution in [1.29, 1.82) is 0 Å². The first-order valence-electron chi connectivity index (χ1n) is 7.08. The van der Waals surface area contributed by atoms with Gasteiger partial charge in [0.1, 0.15) is 11.6 Å². The SMILES string of the molecule is COc1ccc(S(=O)(=O)NCCSCc2ccccc2F)cc1Br. The summed E-state index contributed by atoms with van der Waals surface area (Å²) in [5.74, 6) is 1.37. The monoisotopic (exact) mass is 433 g/mol. The molecule has 4 nitrogen and oxygen atoms in total. The molecule has 2 rings (SSSR count). The van der Waals surface area contributed by atoms with Gasteiger partial charge >= 0.3 is 0 Å². The summed E-state index contributed by atoms with van der Waals surface area (Å²) in [7, 11) is -2.07. The molecular formula is C16H17BrFNO3S2. The summed E-state index contributed by atoms with van der Waals surface area (Å²) in [6, 6.07) is 11.1. The average molecular weight is 434 g/mol. The Morgan fingerprint density at radius 3 is 2.67 bits per heavy atom. The number of hydrogen-bond acceptors (Lipinski definition) is 4. The Morgan fingerprint density at radius 1 is 1.25 bits per heavy atom. The average Bonchev–Trinajstić information content (AvgIpc) is 2.56. The van der Waals surface area contributed by atoms with Crippen LogP contribution in [-0.2, 0) is 15.8 Å².